The van der Waals surface area contributed by atoms with Crippen LogP contribution in [0.5, 0.6) is 0 Å². The van der Waals surface area contributed by atoms with Crippen LogP contribution in [0.4, 0.5) is 0 Å². The Labute approximate surface area is 185 Å². The van der Waals surface area contributed by atoms with Gasteiger partial charge in [-0.2, -0.15) is 5.10 Å². The maximum atomic E-state index is 12.3. The van der Waals surface area contributed by atoms with E-state index in [9.17, 15) is 4.79 Å². The predicted octanol–water partition coefficient (Wildman–Crippen LogP) is 4.75. The predicted molar refractivity (Wildman–Crippen MR) is 126 cm³/mol. The third-order valence-corrected chi connectivity index (χ3v) is 5.88. The second kappa shape index (κ2) is 9.57. The highest BCUT2D eigenvalue weighted by atomic mass is 32.2. The Morgan fingerprint density at radius 2 is 1.74 bits per heavy atom. The Morgan fingerprint density at radius 3 is 2.52 bits per heavy atom. The molecule has 1 heterocycles. The minimum atomic E-state index is -0.183. The van der Waals surface area contributed by atoms with E-state index in [4.69, 9.17) is 0 Å². The average Bonchev–Trinajstić information content (AvgIpc) is 3.24. The lowest BCUT2D eigenvalue weighted by atomic mass is 10.0. The van der Waals surface area contributed by atoms with Gasteiger partial charge in [-0.25, -0.2) is 5.43 Å². The number of hydrogen-bond donors (Lipinski definition) is 1. The SMILES string of the molecule is CCn1c(SCC(=O)NN=C(C)c2ccc3ccccc3c2)nnc1-c1ccccc1. The van der Waals surface area contributed by atoms with Crippen LogP contribution < -0.4 is 5.43 Å². The average molecular weight is 430 g/mol. The van der Waals surface area contributed by atoms with Crippen molar-refractivity contribution < 1.29 is 4.79 Å². The van der Waals surface area contributed by atoms with Crippen LogP contribution in [0.25, 0.3) is 22.2 Å². The van der Waals surface area contributed by atoms with Gasteiger partial charge in [0, 0.05) is 12.1 Å². The minimum absolute atomic E-state index is 0.183. The molecule has 7 heteroatoms. The summed E-state index contributed by atoms with van der Waals surface area (Å²) >= 11 is 1.35. The monoisotopic (exact) mass is 429 g/mol. The molecular formula is C24H23N5OS. The molecule has 4 aromatic rings. The van der Waals surface area contributed by atoms with Crippen molar-refractivity contribution in [3.8, 4) is 11.4 Å². The molecule has 0 aliphatic heterocycles. The first-order valence-corrected chi connectivity index (χ1v) is 11.1. The molecule has 1 N–H and O–H groups in total. The summed E-state index contributed by atoms with van der Waals surface area (Å²) in [5.74, 6) is 0.828. The number of hydrogen-bond acceptors (Lipinski definition) is 5. The van der Waals surface area contributed by atoms with Crippen LogP contribution in [-0.4, -0.2) is 32.1 Å². The number of amides is 1. The number of fused-ring (bicyclic) bond motifs is 1. The molecule has 0 bridgehead atoms. The zero-order valence-corrected chi connectivity index (χ0v) is 18.3. The van der Waals surface area contributed by atoms with Crippen molar-refractivity contribution in [2.24, 2.45) is 5.10 Å². The molecule has 3 aromatic carbocycles. The molecule has 1 amide bonds. The number of carbonyl (C=O) groups is 1. The largest absolute Gasteiger partial charge is 0.302 e. The third kappa shape index (κ3) is 4.83. The van der Waals surface area contributed by atoms with Crippen LogP contribution in [-0.2, 0) is 11.3 Å². The first-order valence-electron chi connectivity index (χ1n) is 10.1. The fraction of sp³-hybridized carbons (Fsp3) is 0.167. The van der Waals surface area contributed by atoms with Crippen LogP contribution in [0.2, 0.25) is 0 Å². The quantitative estimate of drug-likeness (QED) is 0.261. The van der Waals surface area contributed by atoms with Crippen LogP contribution in [0.15, 0.2) is 83.1 Å². The Balaban J connectivity index is 1.39. The smallest absolute Gasteiger partial charge is 0.250 e. The van der Waals surface area contributed by atoms with E-state index in [-0.39, 0.29) is 11.7 Å². The molecule has 0 aliphatic carbocycles. The van der Waals surface area contributed by atoms with E-state index in [0.717, 1.165) is 34.6 Å². The van der Waals surface area contributed by atoms with Crippen LogP contribution in [0, 0.1) is 0 Å². The third-order valence-electron chi connectivity index (χ3n) is 4.91. The molecule has 0 radical (unpaired) electrons. The molecule has 31 heavy (non-hydrogen) atoms. The van der Waals surface area contributed by atoms with Gasteiger partial charge in [0.2, 0.25) is 0 Å². The van der Waals surface area contributed by atoms with Gasteiger partial charge >= 0.3 is 0 Å². The number of thioether (sulfide) groups is 1. The van der Waals surface area contributed by atoms with Gasteiger partial charge in [-0.1, -0.05) is 78.5 Å². The van der Waals surface area contributed by atoms with Gasteiger partial charge in [-0.05, 0) is 36.2 Å². The summed E-state index contributed by atoms with van der Waals surface area (Å²) in [7, 11) is 0. The van der Waals surface area contributed by atoms with Crippen molar-refractivity contribution in [2.75, 3.05) is 5.75 Å². The lowest BCUT2D eigenvalue weighted by Crippen LogP contribution is -2.21. The van der Waals surface area contributed by atoms with Gasteiger partial charge in [0.1, 0.15) is 0 Å². The minimum Gasteiger partial charge on any atom is -0.302 e. The lowest BCUT2D eigenvalue weighted by molar-refractivity contribution is -0.118. The van der Waals surface area contributed by atoms with Crippen molar-refractivity contribution >= 4 is 34.2 Å². The van der Waals surface area contributed by atoms with E-state index < -0.39 is 0 Å². The maximum Gasteiger partial charge on any atom is 0.250 e. The van der Waals surface area contributed by atoms with E-state index in [1.54, 1.807) is 0 Å². The van der Waals surface area contributed by atoms with Crippen molar-refractivity contribution in [2.45, 2.75) is 25.5 Å². The molecule has 0 saturated carbocycles. The van der Waals surface area contributed by atoms with E-state index in [1.165, 1.54) is 17.1 Å². The van der Waals surface area contributed by atoms with Gasteiger partial charge in [-0.3, -0.25) is 4.79 Å². The van der Waals surface area contributed by atoms with Crippen LogP contribution >= 0.6 is 11.8 Å². The first-order chi connectivity index (χ1) is 15.2. The molecule has 4 rings (SSSR count). The summed E-state index contributed by atoms with van der Waals surface area (Å²) in [4.78, 5) is 12.3. The highest BCUT2D eigenvalue weighted by Gasteiger charge is 2.14. The number of nitrogens with zero attached hydrogens (tertiary/aromatic N) is 4. The number of hydrazone groups is 1. The van der Waals surface area contributed by atoms with Gasteiger partial charge in [0.25, 0.3) is 5.91 Å². The van der Waals surface area contributed by atoms with Crippen molar-refractivity contribution in [3.05, 3.63) is 78.4 Å². The number of aromatic nitrogens is 3. The Bertz CT molecular complexity index is 1230. The van der Waals surface area contributed by atoms with Crippen molar-refractivity contribution in [1.82, 2.24) is 20.2 Å². The molecule has 0 saturated heterocycles. The summed E-state index contributed by atoms with van der Waals surface area (Å²) in [6.45, 7) is 4.65. The Hall–Kier alpha value is -3.45. The van der Waals surface area contributed by atoms with E-state index in [1.807, 2.05) is 66.9 Å². The molecule has 1 aromatic heterocycles. The second-order valence-electron chi connectivity index (χ2n) is 7.00. The van der Waals surface area contributed by atoms with Crippen molar-refractivity contribution in [1.29, 1.82) is 0 Å². The summed E-state index contributed by atoms with van der Waals surface area (Å²) in [5.41, 5.74) is 5.38. The number of nitrogens with one attached hydrogen (secondary N) is 1. The molecule has 6 nitrogen and oxygen atoms in total. The topological polar surface area (TPSA) is 72.2 Å². The summed E-state index contributed by atoms with van der Waals surface area (Å²) in [5, 5.41) is 15.9. The standard InChI is InChI=1S/C24H23N5OS/c1-3-29-23(19-10-5-4-6-11-19)27-28-24(29)31-16-22(30)26-25-17(2)20-14-13-18-9-7-8-12-21(18)15-20/h4-15H,3,16H2,1-2H3,(H,26,30). The van der Waals surface area contributed by atoms with Crippen LogP contribution in [0.3, 0.4) is 0 Å². The lowest BCUT2D eigenvalue weighted by Gasteiger charge is -2.07. The molecule has 156 valence electrons. The van der Waals surface area contributed by atoms with Crippen molar-refractivity contribution in [3.63, 3.8) is 0 Å². The number of carbonyl (C=O) groups excluding carboxylic acids is 1. The van der Waals surface area contributed by atoms with Gasteiger partial charge in [0.15, 0.2) is 11.0 Å². The van der Waals surface area contributed by atoms with Gasteiger partial charge < -0.3 is 4.57 Å². The molecule has 0 fully saturated rings. The summed E-state index contributed by atoms with van der Waals surface area (Å²) in [6.07, 6.45) is 0. The molecule has 0 aliphatic rings. The molecular weight excluding hydrogens is 406 g/mol. The zero-order chi connectivity index (χ0) is 21.6. The van der Waals surface area contributed by atoms with Gasteiger partial charge in [0.05, 0.1) is 11.5 Å². The van der Waals surface area contributed by atoms with E-state index in [0.29, 0.717) is 5.16 Å². The normalized spacial score (nSPS) is 11.6. The Morgan fingerprint density at radius 1 is 1.00 bits per heavy atom. The van der Waals surface area contributed by atoms with Crippen LogP contribution in [0.1, 0.15) is 19.4 Å². The summed E-state index contributed by atoms with van der Waals surface area (Å²) in [6, 6.07) is 24.2. The number of rotatable bonds is 7. The van der Waals surface area contributed by atoms with E-state index in [2.05, 4.69) is 45.0 Å². The Kier molecular flexibility index (Phi) is 6.43. The van der Waals surface area contributed by atoms with E-state index >= 15 is 0 Å². The first kappa shape index (κ1) is 20.8. The zero-order valence-electron chi connectivity index (χ0n) is 17.4. The second-order valence-corrected chi connectivity index (χ2v) is 7.94. The molecule has 0 atom stereocenters. The molecule has 0 unspecified atom stereocenters. The fourth-order valence-electron chi connectivity index (χ4n) is 3.27. The summed E-state index contributed by atoms with van der Waals surface area (Å²) < 4.78 is 2.01. The fourth-order valence-corrected chi connectivity index (χ4v) is 4.06. The highest BCUT2D eigenvalue weighted by Crippen LogP contribution is 2.23. The molecule has 0 spiro atoms. The maximum absolute atomic E-state index is 12.3. The van der Waals surface area contributed by atoms with Gasteiger partial charge in [-0.15, -0.1) is 10.2 Å². The number of benzene rings is 3. The highest BCUT2D eigenvalue weighted by molar-refractivity contribution is 7.99.